The molecule has 1 aromatic heterocycles. The van der Waals surface area contributed by atoms with Crippen LogP contribution in [0, 0.1) is 23.1 Å². The summed E-state index contributed by atoms with van der Waals surface area (Å²) in [6, 6.07) is 17.2. The summed E-state index contributed by atoms with van der Waals surface area (Å²) in [5.74, 6) is -0.194. The van der Waals surface area contributed by atoms with Crippen LogP contribution in [-0.2, 0) is 4.79 Å². The number of carbonyl (C=O) groups is 1. The molecule has 3 aromatic rings. The number of nitriles is 1. The van der Waals surface area contributed by atoms with Crippen LogP contribution in [0.5, 0.6) is 0 Å². The first-order valence-corrected chi connectivity index (χ1v) is 9.99. The fraction of sp³-hybridized carbons (Fsp3) is 0.217. The summed E-state index contributed by atoms with van der Waals surface area (Å²) in [6.07, 6.45) is 1.61. The van der Waals surface area contributed by atoms with E-state index in [9.17, 15) is 9.18 Å². The highest BCUT2D eigenvalue weighted by atomic mass is 19.1. The first-order chi connectivity index (χ1) is 15.0. The van der Waals surface area contributed by atoms with Gasteiger partial charge in [-0.2, -0.15) is 10.2 Å². The molecule has 8 heteroatoms. The van der Waals surface area contributed by atoms with Crippen LogP contribution in [0.2, 0.25) is 0 Å². The molecule has 2 aromatic carbocycles. The summed E-state index contributed by atoms with van der Waals surface area (Å²) in [5.41, 5.74) is 7.61. The zero-order chi connectivity index (χ0) is 21.8. The van der Waals surface area contributed by atoms with Gasteiger partial charge in [-0.05, 0) is 37.1 Å². The van der Waals surface area contributed by atoms with E-state index in [0.717, 1.165) is 25.1 Å². The molecular weight excluding hydrogens is 395 g/mol. The lowest BCUT2D eigenvalue weighted by atomic mass is 9.97. The smallest absolute Gasteiger partial charge is 0.229 e. The van der Waals surface area contributed by atoms with E-state index in [0.29, 0.717) is 23.6 Å². The predicted octanol–water partition coefficient (Wildman–Crippen LogP) is 3.59. The number of amides is 1. The van der Waals surface area contributed by atoms with E-state index in [1.807, 2.05) is 35.2 Å². The first kappa shape index (κ1) is 20.3. The van der Waals surface area contributed by atoms with Crippen molar-refractivity contribution in [2.75, 3.05) is 29.0 Å². The summed E-state index contributed by atoms with van der Waals surface area (Å²) in [6.45, 7) is 1.23. The second kappa shape index (κ2) is 8.79. The maximum absolute atomic E-state index is 14.1. The van der Waals surface area contributed by atoms with Gasteiger partial charge in [0.05, 0.1) is 17.2 Å². The molecule has 1 atom stereocenters. The third kappa shape index (κ3) is 4.61. The van der Waals surface area contributed by atoms with Crippen molar-refractivity contribution in [1.29, 1.82) is 5.26 Å². The molecule has 0 spiro atoms. The number of nitrogens with zero attached hydrogens (tertiary/aromatic N) is 4. The molecule has 156 valence electrons. The van der Waals surface area contributed by atoms with Gasteiger partial charge in [0.25, 0.3) is 0 Å². The van der Waals surface area contributed by atoms with Gasteiger partial charge in [0, 0.05) is 30.4 Å². The van der Waals surface area contributed by atoms with Gasteiger partial charge < -0.3 is 16.0 Å². The van der Waals surface area contributed by atoms with Crippen molar-refractivity contribution in [3.8, 4) is 17.3 Å². The topological polar surface area (TPSA) is 108 Å². The zero-order valence-corrected chi connectivity index (χ0v) is 16.8. The Balaban J connectivity index is 1.54. The standard InChI is InChI=1S/C23H21FN6O/c24-19-11-15(8-9-16(19)13-25)20-12-21(29-23(26)28-20)30-10-4-5-17(14-30)22(31)27-18-6-2-1-3-7-18/h1-3,6-9,11-12,17H,4-5,10,14H2,(H,27,31)(H2,26,28,29)/t17-/m0/s1. The first-order valence-electron chi connectivity index (χ1n) is 9.99. The molecule has 4 rings (SSSR count). The summed E-state index contributed by atoms with van der Waals surface area (Å²) >= 11 is 0. The molecule has 0 unspecified atom stereocenters. The minimum atomic E-state index is -0.616. The average molecular weight is 416 g/mol. The van der Waals surface area contributed by atoms with Gasteiger partial charge in [-0.25, -0.2) is 9.37 Å². The Morgan fingerprint density at radius 1 is 1.19 bits per heavy atom. The van der Waals surface area contributed by atoms with Gasteiger partial charge in [0.15, 0.2) is 0 Å². The summed E-state index contributed by atoms with van der Waals surface area (Å²) in [7, 11) is 0. The molecule has 3 N–H and O–H groups in total. The molecular formula is C23H21FN6O. The van der Waals surface area contributed by atoms with Gasteiger partial charge >= 0.3 is 0 Å². The number of nitrogens with two attached hydrogens (primary N) is 1. The van der Waals surface area contributed by atoms with Crippen molar-refractivity contribution < 1.29 is 9.18 Å². The maximum atomic E-state index is 14.1. The Bertz CT molecular complexity index is 1140. The number of carbonyl (C=O) groups excluding carboxylic acids is 1. The number of rotatable bonds is 4. The van der Waals surface area contributed by atoms with Gasteiger partial charge in [-0.15, -0.1) is 0 Å². The van der Waals surface area contributed by atoms with Crippen LogP contribution < -0.4 is 16.0 Å². The zero-order valence-electron chi connectivity index (χ0n) is 16.8. The molecule has 0 radical (unpaired) electrons. The highest BCUT2D eigenvalue weighted by Crippen LogP contribution is 2.28. The van der Waals surface area contributed by atoms with Gasteiger partial charge in [0.1, 0.15) is 17.7 Å². The molecule has 1 fully saturated rings. The van der Waals surface area contributed by atoms with Crippen molar-refractivity contribution in [2.45, 2.75) is 12.8 Å². The van der Waals surface area contributed by atoms with Crippen LogP contribution >= 0.6 is 0 Å². The fourth-order valence-corrected chi connectivity index (χ4v) is 3.69. The van der Waals surface area contributed by atoms with E-state index in [2.05, 4.69) is 15.3 Å². The highest BCUT2D eigenvalue weighted by molar-refractivity contribution is 5.93. The summed E-state index contributed by atoms with van der Waals surface area (Å²) in [5, 5.41) is 11.9. The van der Waals surface area contributed by atoms with E-state index < -0.39 is 5.82 Å². The molecule has 1 aliphatic rings. The van der Waals surface area contributed by atoms with Crippen molar-refractivity contribution >= 4 is 23.4 Å². The van der Waals surface area contributed by atoms with Crippen molar-refractivity contribution in [3.05, 3.63) is 66.0 Å². The van der Waals surface area contributed by atoms with Crippen molar-refractivity contribution in [3.63, 3.8) is 0 Å². The molecule has 0 bridgehead atoms. The molecule has 7 nitrogen and oxygen atoms in total. The number of aromatic nitrogens is 2. The predicted molar refractivity (Wildman–Crippen MR) is 117 cm³/mol. The number of hydrogen-bond donors (Lipinski definition) is 2. The van der Waals surface area contributed by atoms with Gasteiger partial charge in [-0.3, -0.25) is 4.79 Å². The SMILES string of the molecule is N#Cc1ccc(-c2cc(N3CCC[C@H](C(=O)Nc4ccccc4)C3)nc(N)n2)cc1F. The van der Waals surface area contributed by atoms with Crippen molar-refractivity contribution in [1.82, 2.24) is 9.97 Å². The largest absolute Gasteiger partial charge is 0.368 e. The fourth-order valence-electron chi connectivity index (χ4n) is 3.69. The van der Waals surface area contributed by atoms with Crippen LogP contribution in [0.15, 0.2) is 54.6 Å². The van der Waals surface area contributed by atoms with Crippen molar-refractivity contribution in [2.24, 2.45) is 5.92 Å². The molecule has 31 heavy (non-hydrogen) atoms. The number of hydrogen-bond acceptors (Lipinski definition) is 6. The Morgan fingerprint density at radius 3 is 2.74 bits per heavy atom. The lowest BCUT2D eigenvalue weighted by Gasteiger charge is -2.33. The molecule has 0 aliphatic carbocycles. The number of anilines is 3. The molecule has 1 aliphatic heterocycles. The Morgan fingerprint density at radius 2 is 2.00 bits per heavy atom. The second-order valence-electron chi connectivity index (χ2n) is 7.42. The number of nitrogens with one attached hydrogen (secondary N) is 1. The number of nitrogen functional groups attached to an aromatic ring is 1. The Kier molecular flexibility index (Phi) is 5.76. The number of para-hydroxylation sites is 1. The van der Waals surface area contributed by atoms with E-state index >= 15 is 0 Å². The van der Waals surface area contributed by atoms with Gasteiger partial charge in [-0.1, -0.05) is 24.3 Å². The Labute approximate surface area is 179 Å². The number of piperidine rings is 1. The third-order valence-corrected chi connectivity index (χ3v) is 5.27. The summed E-state index contributed by atoms with van der Waals surface area (Å²) < 4.78 is 14.1. The average Bonchev–Trinajstić information content (AvgIpc) is 2.79. The minimum absolute atomic E-state index is 0.0331. The van der Waals surface area contributed by atoms with Crippen LogP contribution in [-0.4, -0.2) is 29.0 Å². The van der Waals surface area contributed by atoms with Crippen LogP contribution in [0.4, 0.5) is 21.8 Å². The minimum Gasteiger partial charge on any atom is -0.368 e. The lowest BCUT2D eigenvalue weighted by Crippen LogP contribution is -2.41. The maximum Gasteiger partial charge on any atom is 0.229 e. The van der Waals surface area contributed by atoms with Crippen LogP contribution in [0.3, 0.4) is 0 Å². The molecule has 2 heterocycles. The highest BCUT2D eigenvalue weighted by Gasteiger charge is 2.27. The van der Waals surface area contributed by atoms with E-state index in [-0.39, 0.29) is 23.3 Å². The van der Waals surface area contributed by atoms with Crippen LogP contribution in [0.1, 0.15) is 18.4 Å². The monoisotopic (exact) mass is 416 g/mol. The van der Waals surface area contributed by atoms with Gasteiger partial charge in [0.2, 0.25) is 11.9 Å². The van der Waals surface area contributed by atoms with Crippen LogP contribution in [0.25, 0.3) is 11.3 Å². The quantitative estimate of drug-likeness (QED) is 0.673. The second-order valence-corrected chi connectivity index (χ2v) is 7.42. The lowest BCUT2D eigenvalue weighted by molar-refractivity contribution is -0.120. The Hall–Kier alpha value is -3.99. The molecule has 1 saturated heterocycles. The molecule has 1 amide bonds. The third-order valence-electron chi connectivity index (χ3n) is 5.27. The number of benzene rings is 2. The van der Waals surface area contributed by atoms with E-state index in [4.69, 9.17) is 11.0 Å². The van der Waals surface area contributed by atoms with E-state index in [1.54, 1.807) is 18.2 Å². The number of halogens is 1. The summed E-state index contributed by atoms with van der Waals surface area (Å²) in [4.78, 5) is 23.3. The molecule has 0 saturated carbocycles. The normalized spacial score (nSPS) is 15.9. The van der Waals surface area contributed by atoms with E-state index in [1.165, 1.54) is 12.1 Å².